The van der Waals surface area contributed by atoms with Crippen LogP contribution >= 0.6 is 11.6 Å². The molecule has 1 aromatic heterocycles. The van der Waals surface area contributed by atoms with Crippen LogP contribution in [0.3, 0.4) is 0 Å². The van der Waals surface area contributed by atoms with Gasteiger partial charge in [0, 0.05) is 18.1 Å². The number of hydrogen-bond donors (Lipinski definition) is 1. The molecule has 0 aliphatic rings. The Morgan fingerprint density at radius 1 is 1.28 bits per heavy atom. The van der Waals surface area contributed by atoms with Gasteiger partial charge in [-0.1, -0.05) is 23.7 Å². The molecule has 1 unspecified atom stereocenters. The molecule has 0 radical (unpaired) electrons. The van der Waals surface area contributed by atoms with Gasteiger partial charge in [0.05, 0.1) is 6.04 Å². The maximum atomic E-state index is 6.00. The molecule has 0 saturated carbocycles. The fraction of sp³-hybridized carbons (Fsp3) is 0.231. The van der Waals surface area contributed by atoms with E-state index in [9.17, 15) is 0 Å². The Kier molecular flexibility index (Phi) is 3.67. The van der Waals surface area contributed by atoms with E-state index in [0.29, 0.717) is 5.82 Å². The molecule has 94 valence electrons. The smallest absolute Gasteiger partial charge is 0.134 e. The largest absolute Gasteiger partial charge is 0.384 e. The molecule has 0 amide bonds. The Morgan fingerprint density at radius 2 is 2.06 bits per heavy atom. The van der Waals surface area contributed by atoms with Gasteiger partial charge in [0.2, 0.25) is 0 Å². The average molecular weight is 263 g/mol. The van der Waals surface area contributed by atoms with Crippen molar-refractivity contribution in [2.75, 3.05) is 17.7 Å². The molecule has 2 aromatic rings. The lowest BCUT2D eigenvalue weighted by Crippen LogP contribution is -2.22. The number of nitrogen functional groups attached to an aromatic ring is 1. The molecular formula is C13H15ClN4. The molecular weight excluding hydrogens is 248 g/mol. The summed E-state index contributed by atoms with van der Waals surface area (Å²) >= 11 is 6.00. The Hall–Kier alpha value is -1.81. The van der Waals surface area contributed by atoms with Crippen LogP contribution in [0.4, 0.5) is 11.6 Å². The monoisotopic (exact) mass is 262 g/mol. The summed E-state index contributed by atoms with van der Waals surface area (Å²) in [6.45, 7) is 2.09. The molecule has 0 fully saturated rings. The fourth-order valence-electron chi connectivity index (χ4n) is 1.74. The van der Waals surface area contributed by atoms with Gasteiger partial charge < -0.3 is 10.6 Å². The third kappa shape index (κ3) is 2.71. The molecule has 4 nitrogen and oxygen atoms in total. The summed E-state index contributed by atoms with van der Waals surface area (Å²) in [5.74, 6) is 1.25. The summed E-state index contributed by atoms with van der Waals surface area (Å²) in [4.78, 5) is 10.1. The van der Waals surface area contributed by atoms with Gasteiger partial charge in [-0.3, -0.25) is 0 Å². The average Bonchev–Trinajstić information content (AvgIpc) is 2.37. The number of benzene rings is 1. The van der Waals surface area contributed by atoms with Crippen molar-refractivity contribution in [3.63, 3.8) is 0 Å². The van der Waals surface area contributed by atoms with Crippen molar-refractivity contribution in [3.8, 4) is 0 Å². The van der Waals surface area contributed by atoms with E-state index in [0.717, 1.165) is 16.4 Å². The molecule has 5 heteroatoms. The second-order valence-electron chi connectivity index (χ2n) is 4.14. The van der Waals surface area contributed by atoms with E-state index in [1.807, 2.05) is 36.2 Å². The van der Waals surface area contributed by atoms with Crippen LogP contribution in [0.1, 0.15) is 18.5 Å². The van der Waals surface area contributed by atoms with E-state index in [1.165, 1.54) is 6.33 Å². The standard InChI is InChI=1S/C13H15ClN4/c1-9(10-4-3-5-11(14)6-10)18(2)13-7-12(15)16-8-17-13/h3-9H,1-2H3,(H2,15,16,17). The van der Waals surface area contributed by atoms with Gasteiger partial charge in [-0.2, -0.15) is 0 Å². The van der Waals surface area contributed by atoms with Crippen molar-refractivity contribution in [3.05, 3.63) is 47.2 Å². The minimum Gasteiger partial charge on any atom is -0.384 e. The Morgan fingerprint density at radius 3 is 2.72 bits per heavy atom. The van der Waals surface area contributed by atoms with Gasteiger partial charge in [0.1, 0.15) is 18.0 Å². The van der Waals surface area contributed by atoms with Gasteiger partial charge in [-0.05, 0) is 24.6 Å². The predicted molar refractivity (Wildman–Crippen MR) is 74.7 cm³/mol. The first-order chi connectivity index (χ1) is 8.58. The van der Waals surface area contributed by atoms with Crippen molar-refractivity contribution in [2.24, 2.45) is 0 Å². The van der Waals surface area contributed by atoms with E-state index in [-0.39, 0.29) is 6.04 Å². The van der Waals surface area contributed by atoms with E-state index in [2.05, 4.69) is 16.9 Å². The lowest BCUT2D eigenvalue weighted by Gasteiger charge is -2.26. The zero-order chi connectivity index (χ0) is 13.1. The summed E-state index contributed by atoms with van der Waals surface area (Å²) in [5, 5.41) is 0.731. The Labute approximate surface area is 111 Å². The maximum absolute atomic E-state index is 6.00. The topological polar surface area (TPSA) is 55.0 Å². The molecule has 1 atom stereocenters. The molecule has 2 N–H and O–H groups in total. The highest BCUT2D eigenvalue weighted by atomic mass is 35.5. The van der Waals surface area contributed by atoms with Gasteiger partial charge >= 0.3 is 0 Å². The predicted octanol–water partition coefficient (Wildman–Crippen LogP) is 2.91. The van der Waals surface area contributed by atoms with Crippen LogP contribution in [0, 0.1) is 0 Å². The van der Waals surface area contributed by atoms with Crippen LogP contribution in [0.2, 0.25) is 5.02 Å². The Balaban J connectivity index is 2.26. The van der Waals surface area contributed by atoms with Gasteiger partial charge in [-0.25, -0.2) is 9.97 Å². The summed E-state index contributed by atoms with van der Waals surface area (Å²) in [7, 11) is 1.97. The number of nitrogens with two attached hydrogens (primary N) is 1. The molecule has 1 aromatic carbocycles. The molecule has 0 bridgehead atoms. The van der Waals surface area contributed by atoms with Gasteiger partial charge in [0.25, 0.3) is 0 Å². The minimum atomic E-state index is 0.151. The summed E-state index contributed by atoms with van der Waals surface area (Å²) in [5.41, 5.74) is 6.79. The highest BCUT2D eigenvalue weighted by molar-refractivity contribution is 6.30. The maximum Gasteiger partial charge on any atom is 0.134 e. The quantitative estimate of drug-likeness (QED) is 0.924. The van der Waals surface area contributed by atoms with Crippen LogP contribution in [0.25, 0.3) is 0 Å². The van der Waals surface area contributed by atoms with Crippen LogP contribution in [-0.2, 0) is 0 Å². The van der Waals surface area contributed by atoms with Crippen molar-refractivity contribution >= 4 is 23.2 Å². The van der Waals surface area contributed by atoms with Crippen molar-refractivity contribution in [1.82, 2.24) is 9.97 Å². The van der Waals surface area contributed by atoms with Crippen molar-refractivity contribution in [2.45, 2.75) is 13.0 Å². The number of hydrogen-bond acceptors (Lipinski definition) is 4. The first kappa shape index (κ1) is 12.6. The molecule has 0 saturated heterocycles. The molecule has 0 aliphatic carbocycles. The van der Waals surface area contributed by atoms with Gasteiger partial charge in [0.15, 0.2) is 0 Å². The zero-order valence-corrected chi connectivity index (χ0v) is 11.1. The zero-order valence-electron chi connectivity index (χ0n) is 10.3. The lowest BCUT2D eigenvalue weighted by molar-refractivity contribution is 0.727. The summed E-state index contributed by atoms with van der Waals surface area (Å²) < 4.78 is 0. The fourth-order valence-corrected chi connectivity index (χ4v) is 1.94. The third-order valence-corrected chi connectivity index (χ3v) is 3.18. The number of nitrogens with zero attached hydrogens (tertiary/aromatic N) is 3. The molecule has 18 heavy (non-hydrogen) atoms. The number of aromatic nitrogens is 2. The first-order valence-corrected chi connectivity index (χ1v) is 6.01. The second-order valence-corrected chi connectivity index (χ2v) is 4.58. The molecule has 1 heterocycles. The number of halogens is 1. The van der Waals surface area contributed by atoms with Crippen LogP contribution in [0.15, 0.2) is 36.7 Å². The minimum absolute atomic E-state index is 0.151. The van der Waals surface area contributed by atoms with E-state index < -0.39 is 0 Å². The van der Waals surface area contributed by atoms with Crippen LogP contribution in [0.5, 0.6) is 0 Å². The molecule has 0 spiro atoms. The van der Waals surface area contributed by atoms with Crippen LogP contribution in [-0.4, -0.2) is 17.0 Å². The number of rotatable bonds is 3. The highest BCUT2D eigenvalue weighted by Gasteiger charge is 2.13. The Bertz CT molecular complexity index is 495. The summed E-state index contributed by atoms with van der Waals surface area (Å²) in [6.07, 6.45) is 1.46. The van der Waals surface area contributed by atoms with Crippen LogP contribution < -0.4 is 10.6 Å². The SMILES string of the molecule is CC(c1cccc(Cl)c1)N(C)c1cc(N)ncn1. The van der Waals surface area contributed by atoms with E-state index in [4.69, 9.17) is 17.3 Å². The normalized spacial score (nSPS) is 12.2. The molecule has 0 aliphatic heterocycles. The summed E-state index contributed by atoms with van der Waals surface area (Å²) in [6, 6.07) is 9.70. The highest BCUT2D eigenvalue weighted by Crippen LogP contribution is 2.25. The van der Waals surface area contributed by atoms with Crippen molar-refractivity contribution < 1.29 is 0 Å². The van der Waals surface area contributed by atoms with Gasteiger partial charge in [-0.15, -0.1) is 0 Å². The third-order valence-electron chi connectivity index (χ3n) is 2.95. The number of anilines is 2. The van der Waals surface area contributed by atoms with Crippen molar-refractivity contribution in [1.29, 1.82) is 0 Å². The first-order valence-electron chi connectivity index (χ1n) is 5.64. The second kappa shape index (κ2) is 5.23. The molecule has 2 rings (SSSR count). The van der Waals surface area contributed by atoms with E-state index >= 15 is 0 Å². The van der Waals surface area contributed by atoms with E-state index in [1.54, 1.807) is 6.07 Å². The lowest BCUT2D eigenvalue weighted by atomic mass is 10.1.